The molecule has 2 saturated carbocycles. The van der Waals surface area contributed by atoms with Crippen molar-refractivity contribution in [2.45, 2.75) is 109 Å². The number of hydrogen-bond acceptors (Lipinski definition) is 10. The number of carbonyl (C=O) groups excluding carboxylic acids is 5. The van der Waals surface area contributed by atoms with Crippen LogP contribution >= 0.6 is 0 Å². The average Bonchev–Trinajstić information content (AvgIpc) is 3.36. The molecule has 2 aromatic rings. The van der Waals surface area contributed by atoms with Gasteiger partial charge in [-0.25, -0.2) is 14.6 Å². The number of nitrogens with one attached hydrogen (secondary N) is 2. The molecule has 51 heavy (non-hydrogen) atoms. The summed E-state index contributed by atoms with van der Waals surface area (Å²) in [6, 6.07) is 3.05. The molecule has 2 N–H and O–H groups in total. The van der Waals surface area contributed by atoms with E-state index in [2.05, 4.69) is 22.2 Å². The second-order valence-corrected chi connectivity index (χ2v) is 14.8. The highest BCUT2D eigenvalue weighted by molar-refractivity contribution is 5.99. The molecule has 13 nitrogen and oxygen atoms in total. The van der Waals surface area contributed by atoms with Gasteiger partial charge in [-0.15, -0.1) is 6.58 Å². The number of nitrogens with zero attached hydrogens (tertiary/aromatic N) is 2. The lowest BCUT2D eigenvalue weighted by Gasteiger charge is -2.35. The maximum atomic E-state index is 14.5. The number of alkyl carbamates (subject to hydrolysis) is 1. The maximum Gasteiger partial charge on any atom is 0.408 e. The van der Waals surface area contributed by atoms with E-state index in [4.69, 9.17) is 18.9 Å². The fourth-order valence-corrected chi connectivity index (χ4v) is 7.19. The van der Waals surface area contributed by atoms with Crippen LogP contribution < -0.4 is 20.1 Å². The Morgan fingerprint density at radius 2 is 1.80 bits per heavy atom. The van der Waals surface area contributed by atoms with Gasteiger partial charge in [0.05, 0.1) is 26.3 Å². The maximum absolute atomic E-state index is 14.5. The van der Waals surface area contributed by atoms with Gasteiger partial charge >= 0.3 is 12.1 Å². The Hall–Kier alpha value is -4.68. The van der Waals surface area contributed by atoms with E-state index in [-0.39, 0.29) is 42.9 Å². The van der Waals surface area contributed by atoms with Gasteiger partial charge in [-0.1, -0.05) is 33.8 Å². The normalized spacial score (nSPS) is 23.7. The Kier molecular flexibility index (Phi) is 11.0. The molecular weight excluding hydrogens is 656 g/mol. The lowest BCUT2D eigenvalue weighted by atomic mass is 9.85. The molecule has 13 heteroatoms. The van der Waals surface area contributed by atoms with Crippen LogP contribution in [-0.2, 0) is 23.9 Å². The van der Waals surface area contributed by atoms with Crippen molar-refractivity contribution in [2.24, 2.45) is 11.3 Å². The van der Waals surface area contributed by atoms with Crippen molar-refractivity contribution >= 4 is 40.6 Å². The SMILES string of the molecule is C=C[C@@H]1C[C@]1(NC(=O)[C@@H]1C[C@@H](Oc2cc(C(=O)CC)nc3c(C)c(OC)ccc23)CN1C(=O)[C@@H](NC(=O)OC1CCCC1)C(C)(C)C)C(=O)OC. The molecule has 5 atom stereocenters. The number of aromatic nitrogens is 1. The summed E-state index contributed by atoms with van der Waals surface area (Å²) in [5.41, 5.74) is -0.577. The van der Waals surface area contributed by atoms with E-state index in [1.54, 1.807) is 38.3 Å². The molecule has 2 aliphatic carbocycles. The number of Topliss-reactive ketones (excluding diaryl/α,β-unsaturated/α-hetero) is 1. The van der Waals surface area contributed by atoms with Gasteiger partial charge in [-0.05, 0) is 56.6 Å². The molecule has 3 aliphatic rings. The Balaban J connectivity index is 1.49. The molecule has 1 aromatic carbocycles. The molecule has 3 fully saturated rings. The van der Waals surface area contributed by atoms with Crippen molar-refractivity contribution in [1.29, 1.82) is 0 Å². The summed E-state index contributed by atoms with van der Waals surface area (Å²) in [6.07, 6.45) is 4.06. The first kappa shape index (κ1) is 37.6. The van der Waals surface area contributed by atoms with Crippen LogP contribution in [-0.4, -0.2) is 90.1 Å². The lowest BCUT2D eigenvalue weighted by Crippen LogP contribution is -2.59. The van der Waals surface area contributed by atoms with E-state index < -0.39 is 53.0 Å². The highest BCUT2D eigenvalue weighted by Gasteiger charge is 2.62. The molecule has 1 aliphatic heterocycles. The topological polar surface area (TPSA) is 162 Å². The van der Waals surface area contributed by atoms with Gasteiger partial charge in [0.25, 0.3) is 0 Å². The van der Waals surface area contributed by atoms with Crippen LogP contribution in [0.1, 0.15) is 88.7 Å². The van der Waals surface area contributed by atoms with Gasteiger partial charge in [-0.2, -0.15) is 0 Å². The minimum absolute atomic E-state index is 0.0189. The van der Waals surface area contributed by atoms with E-state index in [0.717, 1.165) is 31.2 Å². The predicted molar refractivity (Wildman–Crippen MR) is 188 cm³/mol. The number of ether oxygens (including phenoxy) is 4. The highest BCUT2D eigenvalue weighted by Crippen LogP contribution is 2.46. The largest absolute Gasteiger partial charge is 0.496 e. The van der Waals surface area contributed by atoms with Crippen molar-refractivity contribution in [3.8, 4) is 11.5 Å². The number of ketones is 1. The Morgan fingerprint density at radius 3 is 2.39 bits per heavy atom. The molecule has 0 bridgehead atoms. The van der Waals surface area contributed by atoms with Crippen LogP contribution in [0.15, 0.2) is 30.9 Å². The number of esters is 1. The third kappa shape index (κ3) is 7.67. The number of hydrogen-bond donors (Lipinski definition) is 2. The summed E-state index contributed by atoms with van der Waals surface area (Å²) in [5, 5.41) is 6.28. The monoisotopic (exact) mass is 706 g/mol. The molecule has 2 heterocycles. The number of methoxy groups -OCH3 is 2. The summed E-state index contributed by atoms with van der Waals surface area (Å²) < 4.78 is 22.7. The van der Waals surface area contributed by atoms with Gasteiger partial charge in [0.1, 0.15) is 47.0 Å². The first-order valence-corrected chi connectivity index (χ1v) is 17.7. The van der Waals surface area contributed by atoms with Crippen molar-refractivity contribution in [3.05, 3.63) is 42.1 Å². The predicted octanol–water partition coefficient (Wildman–Crippen LogP) is 4.81. The molecule has 0 unspecified atom stereocenters. The van der Waals surface area contributed by atoms with E-state index in [9.17, 15) is 24.0 Å². The molecule has 5 rings (SSSR count). The minimum atomic E-state index is -1.29. The van der Waals surface area contributed by atoms with Crippen LogP contribution in [0, 0.1) is 18.3 Å². The zero-order chi connectivity index (χ0) is 37.2. The van der Waals surface area contributed by atoms with Crippen LogP contribution in [0.25, 0.3) is 10.9 Å². The molecule has 0 radical (unpaired) electrons. The summed E-state index contributed by atoms with van der Waals surface area (Å²) in [7, 11) is 2.81. The average molecular weight is 707 g/mol. The zero-order valence-electron chi connectivity index (χ0n) is 30.6. The van der Waals surface area contributed by atoms with Crippen molar-refractivity contribution < 1.29 is 42.9 Å². The number of pyridine rings is 1. The lowest BCUT2D eigenvalue weighted by molar-refractivity contribution is -0.148. The van der Waals surface area contributed by atoms with Crippen molar-refractivity contribution in [3.63, 3.8) is 0 Å². The first-order chi connectivity index (χ1) is 24.2. The molecular formula is C38H50N4O9. The van der Waals surface area contributed by atoms with Crippen LogP contribution in [0.3, 0.4) is 0 Å². The van der Waals surface area contributed by atoms with Gasteiger partial charge < -0.3 is 34.5 Å². The number of likely N-dealkylation sites (tertiary alicyclic amines) is 1. The van der Waals surface area contributed by atoms with Crippen molar-refractivity contribution in [2.75, 3.05) is 20.8 Å². The summed E-state index contributed by atoms with van der Waals surface area (Å²) >= 11 is 0. The van der Waals surface area contributed by atoms with Gasteiger partial charge in [0.15, 0.2) is 5.78 Å². The van der Waals surface area contributed by atoms with E-state index in [1.165, 1.54) is 12.0 Å². The second kappa shape index (κ2) is 14.9. The zero-order valence-corrected chi connectivity index (χ0v) is 30.6. The van der Waals surface area contributed by atoms with Gasteiger partial charge in [0, 0.05) is 35.8 Å². The molecule has 1 aromatic heterocycles. The minimum Gasteiger partial charge on any atom is -0.496 e. The fourth-order valence-electron chi connectivity index (χ4n) is 7.19. The molecule has 276 valence electrons. The van der Waals surface area contributed by atoms with E-state index >= 15 is 0 Å². The van der Waals surface area contributed by atoms with E-state index in [0.29, 0.717) is 28.8 Å². The first-order valence-electron chi connectivity index (χ1n) is 17.7. The second-order valence-electron chi connectivity index (χ2n) is 14.8. The van der Waals surface area contributed by atoms with Crippen LogP contribution in [0.4, 0.5) is 4.79 Å². The number of rotatable bonds is 12. The summed E-state index contributed by atoms with van der Waals surface area (Å²) in [6.45, 7) is 12.8. The number of carbonyl (C=O) groups is 5. The molecule has 3 amide bonds. The highest BCUT2D eigenvalue weighted by atomic mass is 16.6. The van der Waals surface area contributed by atoms with E-state index in [1.807, 2.05) is 27.7 Å². The summed E-state index contributed by atoms with van der Waals surface area (Å²) in [4.78, 5) is 73.5. The molecule has 1 saturated heterocycles. The Labute approximate surface area is 298 Å². The standard InChI is InChI=1S/C38H50N4O9/c1-9-22-19-38(22,35(46)49-8)41-33(44)27-17-24(20-42(27)34(45)32(37(4,5)6)40-36(47)51-23-13-11-12-14-23)50-30-18-26(28(43)10-2)39-31-21(3)29(48-7)16-15-25(30)31/h9,15-16,18,22-24,27,32H,1,10-14,17,19-20H2,2-8H3,(H,40,47)(H,41,44)/t22-,24-,27+,32-,38-/m1/s1. The Bertz CT molecular complexity index is 1710. The van der Waals surface area contributed by atoms with Gasteiger partial charge in [0.2, 0.25) is 11.8 Å². The van der Waals surface area contributed by atoms with Crippen LogP contribution in [0.5, 0.6) is 11.5 Å². The van der Waals surface area contributed by atoms with Crippen LogP contribution in [0.2, 0.25) is 0 Å². The number of amides is 3. The fraction of sp³-hybridized carbons (Fsp3) is 0.579. The quantitative estimate of drug-likeness (QED) is 0.178. The smallest absolute Gasteiger partial charge is 0.408 e. The molecule has 0 spiro atoms. The number of benzene rings is 1. The number of fused-ring (bicyclic) bond motifs is 1. The van der Waals surface area contributed by atoms with Gasteiger partial charge in [-0.3, -0.25) is 14.4 Å². The van der Waals surface area contributed by atoms with Crippen molar-refractivity contribution in [1.82, 2.24) is 20.5 Å². The summed E-state index contributed by atoms with van der Waals surface area (Å²) in [5.74, 6) is -1.21. The third-order valence-electron chi connectivity index (χ3n) is 10.3. The Morgan fingerprint density at radius 1 is 1.10 bits per heavy atom. The third-order valence-corrected chi connectivity index (χ3v) is 10.3. The number of aryl methyl sites for hydroxylation is 1.